The lowest BCUT2D eigenvalue weighted by molar-refractivity contribution is -0.132. The molecule has 1 amide bonds. The molecule has 0 aliphatic carbocycles. The Balaban J connectivity index is 2.18. The summed E-state index contributed by atoms with van der Waals surface area (Å²) in [4.78, 5) is 14.6. The first kappa shape index (κ1) is 17.9. The third kappa shape index (κ3) is 4.32. The molecule has 0 radical (unpaired) electrons. The van der Waals surface area contributed by atoms with Crippen LogP contribution in [-0.4, -0.2) is 38.4 Å². The normalized spacial score (nSPS) is 16.8. The Bertz CT molecular complexity index is 632. The molecule has 1 aliphatic heterocycles. The lowest BCUT2D eigenvalue weighted by atomic mass is 10.0. The minimum absolute atomic E-state index is 0.104. The number of hydrogen-bond donors (Lipinski definition) is 1. The number of sulfonamides is 1. The highest BCUT2D eigenvalue weighted by atomic mass is 32.2. The Morgan fingerprint density at radius 3 is 2.22 bits per heavy atom. The van der Waals surface area contributed by atoms with Crippen molar-refractivity contribution in [3.63, 3.8) is 0 Å². The van der Waals surface area contributed by atoms with Gasteiger partial charge in [0, 0.05) is 13.1 Å². The van der Waals surface area contributed by atoms with Gasteiger partial charge in [-0.15, -0.1) is 0 Å². The second kappa shape index (κ2) is 7.45. The van der Waals surface area contributed by atoms with E-state index in [9.17, 15) is 13.2 Å². The van der Waals surface area contributed by atoms with Crippen molar-refractivity contribution in [2.75, 3.05) is 13.1 Å². The molecule has 2 rings (SSSR count). The molecule has 1 saturated heterocycles. The van der Waals surface area contributed by atoms with Crippen molar-refractivity contribution in [2.24, 2.45) is 5.92 Å². The van der Waals surface area contributed by atoms with E-state index in [-0.39, 0.29) is 16.7 Å². The minimum Gasteiger partial charge on any atom is -0.341 e. The van der Waals surface area contributed by atoms with Crippen molar-refractivity contribution >= 4 is 15.9 Å². The maximum Gasteiger partial charge on any atom is 0.241 e. The lowest BCUT2D eigenvalue weighted by Crippen LogP contribution is -2.50. The van der Waals surface area contributed by atoms with Crippen molar-refractivity contribution < 1.29 is 13.2 Å². The van der Waals surface area contributed by atoms with Gasteiger partial charge in [-0.3, -0.25) is 4.79 Å². The number of benzene rings is 1. The zero-order valence-electron chi connectivity index (χ0n) is 14.1. The van der Waals surface area contributed by atoms with Crippen LogP contribution in [0.2, 0.25) is 0 Å². The van der Waals surface area contributed by atoms with E-state index in [0.29, 0.717) is 0 Å². The topological polar surface area (TPSA) is 66.5 Å². The van der Waals surface area contributed by atoms with Crippen LogP contribution in [0.3, 0.4) is 0 Å². The molecule has 5 nitrogen and oxygen atoms in total. The molecule has 0 unspecified atom stereocenters. The number of hydrogen-bond acceptors (Lipinski definition) is 3. The second-order valence-corrected chi connectivity index (χ2v) is 8.09. The van der Waals surface area contributed by atoms with Crippen LogP contribution in [0.25, 0.3) is 0 Å². The Morgan fingerprint density at radius 2 is 1.74 bits per heavy atom. The summed E-state index contributed by atoms with van der Waals surface area (Å²) < 4.78 is 27.8. The van der Waals surface area contributed by atoms with Crippen LogP contribution in [0.15, 0.2) is 29.2 Å². The molecule has 0 saturated carbocycles. The summed E-state index contributed by atoms with van der Waals surface area (Å²) in [6, 6.07) is 6.09. The van der Waals surface area contributed by atoms with Crippen LogP contribution in [0.5, 0.6) is 0 Å². The molecule has 6 heteroatoms. The summed E-state index contributed by atoms with van der Waals surface area (Å²) in [5, 5.41) is 0. The molecule has 0 aromatic heterocycles. The third-order valence-electron chi connectivity index (χ3n) is 4.27. The van der Waals surface area contributed by atoms with Gasteiger partial charge in [-0.1, -0.05) is 32.9 Å². The van der Waals surface area contributed by atoms with Gasteiger partial charge in [0.1, 0.15) is 6.04 Å². The minimum atomic E-state index is -3.70. The lowest BCUT2D eigenvalue weighted by Gasteiger charge is -2.26. The first-order valence-corrected chi connectivity index (χ1v) is 9.73. The average molecular weight is 338 g/mol. The zero-order valence-corrected chi connectivity index (χ0v) is 14.9. The fraction of sp³-hybridized carbons (Fsp3) is 0.588. The summed E-state index contributed by atoms with van der Waals surface area (Å²) in [7, 11) is -3.70. The standard InChI is InChI=1S/C17H26N2O3S/c1-4-14-7-9-15(10-8-14)23(21,22)18-16(13(2)3)17(20)19-11-5-6-12-19/h7-10,13,16,18H,4-6,11-12H2,1-3H3/t16-/m0/s1. The monoisotopic (exact) mass is 338 g/mol. The number of carbonyl (C=O) groups excluding carboxylic acids is 1. The van der Waals surface area contributed by atoms with E-state index in [1.54, 1.807) is 29.2 Å². The van der Waals surface area contributed by atoms with Gasteiger partial charge < -0.3 is 4.90 Å². The molecule has 0 spiro atoms. The van der Waals surface area contributed by atoms with Gasteiger partial charge in [-0.05, 0) is 42.9 Å². The van der Waals surface area contributed by atoms with E-state index >= 15 is 0 Å². The molecule has 128 valence electrons. The maximum atomic E-state index is 12.6. The molecule has 1 atom stereocenters. The van der Waals surface area contributed by atoms with Crippen molar-refractivity contribution in [3.05, 3.63) is 29.8 Å². The van der Waals surface area contributed by atoms with Gasteiger partial charge in [0.15, 0.2) is 0 Å². The van der Waals surface area contributed by atoms with Gasteiger partial charge in [0.2, 0.25) is 15.9 Å². The van der Waals surface area contributed by atoms with Gasteiger partial charge in [-0.25, -0.2) is 8.42 Å². The Kier molecular flexibility index (Phi) is 5.81. The van der Waals surface area contributed by atoms with Crippen molar-refractivity contribution in [3.8, 4) is 0 Å². The van der Waals surface area contributed by atoms with Crippen LogP contribution in [0.1, 0.15) is 39.2 Å². The number of carbonyl (C=O) groups is 1. The van der Waals surface area contributed by atoms with Gasteiger partial charge in [-0.2, -0.15) is 4.72 Å². The van der Waals surface area contributed by atoms with Crippen LogP contribution >= 0.6 is 0 Å². The van der Waals surface area contributed by atoms with Crippen LogP contribution in [-0.2, 0) is 21.2 Å². The number of nitrogens with zero attached hydrogens (tertiary/aromatic N) is 1. The fourth-order valence-corrected chi connectivity index (χ4v) is 4.08. The number of likely N-dealkylation sites (tertiary alicyclic amines) is 1. The fourth-order valence-electron chi connectivity index (χ4n) is 2.75. The van der Waals surface area contributed by atoms with Gasteiger partial charge >= 0.3 is 0 Å². The van der Waals surface area contributed by atoms with E-state index in [4.69, 9.17) is 0 Å². The highest BCUT2D eigenvalue weighted by molar-refractivity contribution is 7.89. The van der Waals surface area contributed by atoms with Crippen LogP contribution in [0.4, 0.5) is 0 Å². The van der Waals surface area contributed by atoms with Crippen LogP contribution < -0.4 is 4.72 Å². The van der Waals surface area contributed by atoms with Crippen LogP contribution in [0, 0.1) is 5.92 Å². The number of amides is 1. The summed E-state index contributed by atoms with van der Waals surface area (Å²) in [6.45, 7) is 7.18. The zero-order chi connectivity index (χ0) is 17.0. The average Bonchev–Trinajstić information content (AvgIpc) is 3.06. The number of aryl methyl sites for hydroxylation is 1. The summed E-state index contributed by atoms with van der Waals surface area (Å²) >= 11 is 0. The Morgan fingerprint density at radius 1 is 1.17 bits per heavy atom. The van der Waals surface area contributed by atoms with Gasteiger partial charge in [0.05, 0.1) is 4.90 Å². The molecule has 1 aromatic rings. The van der Waals surface area contributed by atoms with Crippen molar-refractivity contribution in [2.45, 2.75) is 51.0 Å². The molecule has 0 bridgehead atoms. The van der Waals surface area contributed by atoms with E-state index in [1.807, 2.05) is 20.8 Å². The second-order valence-electron chi connectivity index (χ2n) is 6.37. The van der Waals surface area contributed by atoms with E-state index in [0.717, 1.165) is 37.9 Å². The largest absolute Gasteiger partial charge is 0.341 e. The molecule has 23 heavy (non-hydrogen) atoms. The molecule has 1 fully saturated rings. The molecule has 1 heterocycles. The Labute approximate surface area is 139 Å². The highest BCUT2D eigenvalue weighted by Gasteiger charge is 2.32. The number of nitrogens with one attached hydrogen (secondary N) is 1. The smallest absolute Gasteiger partial charge is 0.241 e. The van der Waals surface area contributed by atoms with E-state index < -0.39 is 16.1 Å². The molecular weight excluding hydrogens is 312 g/mol. The number of rotatable bonds is 6. The first-order chi connectivity index (χ1) is 10.8. The van der Waals surface area contributed by atoms with Crippen molar-refractivity contribution in [1.29, 1.82) is 0 Å². The first-order valence-electron chi connectivity index (χ1n) is 8.25. The van der Waals surface area contributed by atoms with Crippen molar-refractivity contribution in [1.82, 2.24) is 9.62 Å². The molecule has 1 aliphatic rings. The third-order valence-corrected chi connectivity index (χ3v) is 5.73. The quantitative estimate of drug-likeness (QED) is 0.864. The Hall–Kier alpha value is -1.40. The van der Waals surface area contributed by atoms with E-state index in [2.05, 4.69) is 4.72 Å². The predicted octanol–water partition coefficient (Wildman–Crippen LogP) is 2.17. The summed E-state index contributed by atoms with van der Waals surface area (Å²) in [6.07, 6.45) is 2.83. The maximum absolute atomic E-state index is 12.6. The molecule has 1 N–H and O–H groups in total. The molecule has 1 aromatic carbocycles. The summed E-state index contributed by atoms with van der Waals surface area (Å²) in [5.41, 5.74) is 1.08. The predicted molar refractivity (Wildman–Crippen MR) is 90.6 cm³/mol. The molecular formula is C17H26N2O3S. The highest BCUT2D eigenvalue weighted by Crippen LogP contribution is 2.17. The SMILES string of the molecule is CCc1ccc(S(=O)(=O)N[C@H](C(=O)N2CCCC2)C(C)C)cc1. The van der Waals surface area contributed by atoms with E-state index in [1.165, 1.54) is 0 Å². The summed E-state index contributed by atoms with van der Waals surface area (Å²) in [5.74, 6) is -0.223. The van der Waals surface area contributed by atoms with Gasteiger partial charge in [0.25, 0.3) is 0 Å².